The Morgan fingerprint density at radius 1 is 1.26 bits per heavy atom. The molecular formula is C24H39ClFN3O5Si. The smallest absolute Gasteiger partial charge is 0.410 e. The second-order valence-corrected chi connectivity index (χ2v) is 17.0. The molecule has 0 aliphatic carbocycles. The molecule has 0 bridgehead atoms. The van der Waals surface area contributed by atoms with Crippen LogP contribution >= 0.6 is 11.6 Å². The highest BCUT2D eigenvalue weighted by molar-refractivity contribution is 6.74. The third kappa shape index (κ3) is 6.72. The number of nitrogens with two attached hydrogens (primary N) is 1. The number of primary amides is 1. The van der Waals surface area contributed by atoms with Crippen molar-refractivity contribution in [1.82, 2.24) is 9.88 Å². The summed E-state index contributed by atoms with van der Waals surface area (Å²) in [6, 6.07) is 0. The number of amides is 2. The Morgan fingerprint density at radius 3 is 2.26 bits per heavy atom. The van der Waals surface area contributed by atoms with Crippen molar-refractivity contribution < 1.29 is 28.2 Å². The van der Waals surface area contributed by atoms with E-state index in [-0.39, 0.29) is 35.5 Å². The molecule has 2 amide bonds. The number of hydrogen-bond acceptors (Lipinski definition) is 6. The average Bonchev–Trinajstić information content (AvgIpc) is 2.70. The van der Waals surface area contributed by atoms with Gasteiger partial charge in [-0.2, -0.15) is 0 Å². The molecular weight excluding hydrogens is 493 g/mol. The number of piperidine rings is 1. The molecule has 1 unspecified atom stereocenters. The third-order valence-corrected chi connectivity index (χ3v) is 11.8. The lowest BCUT2D eigenvalue weighted by Crippen LogP contribution is -2.51. The van der Waals surface area contributed by atoms with Gasteiger partial charge in [0.15, 0.2) is 14.1 Å². The lowest BCUT2D eigenvalue weighted by Gasteiger charge is -2.47. The molecule has 1 saturated heterocycles. The number of ether oxygens (including phenoxy) is 1. The molecule has 1 aliphatic heterocycles. The van der Waals surface area contributed by atoms with Gasteiger partial charge in [-0.25, -0.2) is 9.18 Å². The minimum absolute atomic E-state index is 0.0841. The summed E-state index contributed by atoms with van der Waals surface area (Å²) in [5.41, 5.74) is 2.89. The Hall–Kier alpha value is -1.75. The van der Waals surface area contributed by atoms with Crippen LogP contribution in [0.15, 0.2) is 6.20 Å². The van der Waals surface area contributed by atoms with Gasteiger partial charge in [-0.1, -0.05) is 32.4 Å². The molecule has 0 aromatic carbocycles. The van der Waals surface area contributed by atoms with E-state index in [1.165, 1.54) is 0 Å². The van der Waals surface area contributed by atoms with Gasteiger partial charge in [-0.3, -0.25) is 9.78 Å². The first-order valence-electron chi connectivity index (χ1n) is 11.7. The number of aliphatic hydroxyl groups is 1. The maximum atomic E-state index is 15.3. The summed E-state index contributed by atoms with van der Waals surface area (Å²) in [5.74, 6) is -2.09. The number of pyridine rings is 1. The van der Waals surface area contributed by atoms with E-state index in [1.54, 1.807) is 25.7 Å². The Kier molecular flexibility index (Phi) is 8.69. The summed E-state index contributed by atoms with van der Waals surface area (Å²) in [6.45, 7) is 16.6. The molecule has 11 heteroatoms. The molecule has 35 heavy (non-hydrogen) atoms. The predicted molar refractivity (Wildman–Crippen MR) is 135 cm³/mol. The molecule has 0 spiro atoms. The summed E-state index contributed by atoms with van der Waals surface area (Å²) in [7, 11) is -2.23. The van der Waals surface area contributed by atoms with E-state index in [9.17, 15) is 14.7 Å². The zero-order chi connectivity index (χ0) is 27.0. The molecule has 2 heterocycles. The minimum atomic E-state index is -2.23. The van der Waals surface area contributed by atoms with Crippen LogP contribution in [0.3, 0.4) is 0 Å². The largest absolute Gasteiger partial charge is 0.444 e. The molecule has 8 nitrogen and oxygen atoms in total. The summed E-state index contributed by atoms with van der Waals surface area (Å²) in [5, 5.41) is 11.2. The van der Waals surface area contributed by atoms with Crippen LogP contribution in [0.5, 0.6) is 0 Å². The van der Waals surface area contributed by atoms with Crippen LogP contribution in [0.25, 0.3) is 0 Å². The van der Waals surface area contributed by atoms with Crippen LogP contribution in [0.4, 0.5) is 9.18 Å². The van der Waals surface area contributed by atoms with Crippen LogP contribution in [0.1, 0.15) is 76.5 Å². The molecule has 3 N–H and O–H groups in total. The highest BCUT2D eigenvalue weighted by Crippen LogP contribution is 2.46. The van der Waals surface area contributed by atoms with Gasteiger partial charge in [0.25, 0.3) is 5.91 Å². The Labute approximate surface area is 213 Å². The molecule has 2 rings (SSSR count). The second kappa shape index (κ2) is 10.3. The molecule has 1 atom stereocenters. The molecule has 0 saturated carbocycles. The lowest BCUT2D eigenvalue weighted by molar-refractivity contribution is -0.0632. The number of hydrogen-bond donors (Lipinski definition) is 2. The first-order valence-corrected chi connectivity index (χ1v) is 15.0. The summed E-state index contributed by atoms with van der Waals surface area (Å²) in [6.07, 6.45) is -0.113. The fraction of sp³-hybridized carbons (Fsp3) is 0.708. The van der Waals surface area contributed by atoms with Gasteiger partial charge in [-0.05, 0) is 51.7 Å². The van der Waals surface area contributed by atoms with Crippen molar-refractivity contribution >= 4 is 31.9 Å². The maximum absolute atomic E-state index is 15.3. The molecule has 1 aliphatic rings. The lowest BCUT2D eigenvalue weighted by atomic mass is 9.73. The van der Waals surface area contributed by atoms with Crippen LogP contribution in [0.2, 0.25) is 23.2 Å². The maximum Gasteiger partial charge on any atom is 0.410 e. The van der Waals surface area contributed by atoms with E-state index in [2.05, 4.69) is 38.8 Å². The zero-order valence-electron chi connectivity index (χ0n) is 22.0. The van der Waals surface area contributed by atoms with Gasteiger partial charge >= 0.3 is 6.09 Å². The summed E-state index contributed by atoms with van der Waals surface area (Å²) >= 11 is 5.94. The quantitative estimate of drug-likeness (QED) is 0.496. The van der Waals surface area contributed by atoms with Crippen LogP contribution in [-0.4, -0.2) is 60.6 Å². The van der Waals surface area contributed by atoms with E-state index in [0.717, 1.165) is 6.20 Å². The molecule has 1 fully saturated rings. The first kappa shape index (κ1) is 29.5. The number of carbonyl (C=O) groups excluding carboxylic acids is 2. The van der Waals surface area contributed by atoms with Crippen molar-refractivity contribution in [3.63, 3.8) is 0 Å². The van der Waals surface area contributed by atoms with Gasteiger partial charge < -0.3 is 24.9 Å². The number of aliphatic hydroxyl groups excluding tert-OH is 1. The molecule has 198 valence electrons. The van der Waals surface area contributed by atoms with Gasteiger partial charge in [-0.15, -0.1) is 0 Å². The van der Waals surface area contributed by atoms with Gasteiger partial charge in [0, 0.05) is 31.3 Å². The van der Waals surface area contributed by atoms with Crippen LogP contribution in [0, 0.1) is 11.2 Å². The van der Waals surface area contributed by atoms with Crippen molar-refractivity contribution in [2.75, 3.05) is 19.7 Å². The highest BCUT2D eigenvalue weighted by Gasteiger charge is 2.48. The van der Waals surface area contributed by atoms with Crippen molar-refractivity contribution in [2.45, 2.75) is 84.2 Å². The normalized spacial score (nSPS) is 17.7. The van der Waals surface area contributed by atoms with Crippen molar-refractivity contribution in [2.24, 2.45) is 11.1 Å². The number of rotatable bonds is 6. The van der Waals surface area contributed by atoms with Crippen molar-refractivity contribution in [3.8, 4) is 0 Å². The van der Waals surface area contributed by atoms with Gasteiger partial charge in [0.2, 0.25) is 0 Å². The van der Waals surface area contributed by atoms with E-state index in [0.29, 0.717) is 12.8 Å². The topological polar surface area (TPSA) is 115 Å². The molecule has 1 aromatic rings. The van der Waals surface area contributed by atoms with Crippen LogP contribution < -0.4 is 5.73 Å². The van der Waals surface area contributed by atoms with E-state index >= 15 is 4.39 Å². The highest BCUT2D eigenvalue weighted by atomic mass is 35.5. The standard InChI is InChI=1S/C24H39ClFN3O5Si/c1-22(2,3)34-21(32)29-11-9-24(10-12-29,14-33-35(7,8)23(4,5)6)19(30)18-17(26)16(20(27)31)15(25)13-28-18/h13,19,30H,9-12,14H2,1-8H3,(H2,27,31). The number of likely N-dealkylation sites (tertiary alicyclic amines) is 1. The van der Waals surface area contributed by atoms with Crippen LogP contribution in [-0.2, 0) is 9.16 Å². The van der Waals surface area contributed by atoms with Gasteiger partial charge in [0.05, 0.1) is 10.6 Å². The number of carbonyl (C=O) groups is 2. The Bertz CT molecular complexity index is 954. The van der Waals surface area contributed by atoms with E-state index in [1.807, 2.05) is 0 Å². The van der Waals surface area contributed by atoms with Gasteiger partial charge in [0.1, 0.15) is 17.4 Å². The monoisotopic (exact) mass is 531 g/mol. The second-order valence-electron chi connectivity index (χ2n) is 11.8. The van der Waals surface area contributed by atoms with Crippen molar-refractivity contribution in [1.29, 1.82) is 0 Å². The average molecular weight is 532 g/mol. The summed E-state index contributed by atoms with van der Waals surface area (Å²) in [4.78, 5) is 30.0. The zero-order valence-corrected chi connectivity index (χ0v) is 23.8. The van der Waals surface area contributed by atoms with E-state index in [4.69, 9.17) is 26.5 Å². The molecule has 1 aromatic heterocycles. The van der Waals surface area contributed by atoms with E-state index < -0.39 is 48.8 Å². The number of nitrogens with zero attached hydrogens (tertiary/aromatic N) is 2. The fourth-order valence-electron chi connectivity index (χ4n) is 3.69. The fourth-order valence-corrected chi connectivity index (χ4v) is 4.99. The third-order valence-electron chi connectivity index (χ3n) is 7.02. The number of halogens is 2. The first-order chi connectivity index (χ1) is 15.8. The summed E-state index contributed by atoms with van der Waals surface area (Å²) < 4.78 is 27.2. The minimum Gasteiger partial charge on any atom is -0.444 e. The Morgan fingerprint density at radius 2 is 1.80 bits per heavy atom. The number of aromatic nitrogens is 1. The SMILES string of the molecule is CC(C)(C)OC(=O)N1CCC(CO[Si](C)(C)C(C)(C)C)(C(O)c2ncc(Cl)c(C(N)=O)c2F)CC1. The predicted octanol–water partition coefficient (Wildman–Crippen LogP) is 5.05. The Balaban J connectivity index is 2.42. The molecule has 0 radical (unpaired) electrons. The van der Waals surface area contributed by atoms with Crippen molar-refractivity contribution in [3.05, 3.63) is 28.3 Å².